The smallest absolute Gasteiger partial charge is 0.293 e. The molecule has 0 radical (unpaired) electrons. The van der Waals surface area contributed by atoms with Gasteiger partial charge in [-0.05, 0) is 50.1 Å². The number of hydrogen-bond donors (Lipinski definition) is 2. The lowest BCUT2D eigenvalue weighted by molar-refractivity contribution is -0.384. The molecular weight excluding hydrogens is 350 g/mol. The van der Waals surface area contributed by atoms with E-state index < -0.39 is 10.8 Å². The quantitative estimate of drug-likeness (QED) is 0.488. The van der Waals surface area contributed by atoms with Crippen LogP contribution in [0.15, 0.2) is 36.4 Å². The van der Waals surface area contributed by atoms with Crippen molar-refractivity contribution in [3.8, 4) is 11.5 Å². The number of nitro benzene ring substituents is 1. The van der Waals surface area contributed by atoms with E-state index in [2.05, 4.69) is 5.32 Å². The number of ether oxygens (including phenoxy) is 2. The Kier molecular flexibility index (Phi) is 6.99. The van der Waals surface area contributed by atoms with Crippen molar-refractivity contribution in [3.63, 3.8) is 0 Å². The Labute approximate surface area is 157 Å². The minimum atomic E-state index is -0.706. The van der Waals surface area contributed by atoms with Crippen LogP contribution in [0.4, 0.5) is 11.4 Å². The predicted molar refractivity (Wildman–Crippen MR) is 103 cm³/mol. The fraction of sp³-hybridized carbons (Fsp3) is 0.316. The summed E-state index contributed by atoms with van der Waals surface area (Å²) in [5, 5.41) is 14.3. The summed E-state index contributed by atoms with van der Waals surface area (Å²) in [5.74, 6) is 0.657. The van der Waals surface area contributed by atoms with Crippen LogP contribution in [0, 0.1) is 10.1 Å². The molecule has 2 aromatic carbocycles. The molecule has 8 heteroatoms. The van der Waals surface area contributed by atoms with Crippen LogP contribution in [0.5, 0.6) is 11.5 Å². The molecule has 0 atom stereocenters. The maximum Gasteiger partial charge on any atom is 0.293 e. The Morgan fingerprint density at radius 1 is 1.11 bits per heavy atom. The van der Waals surface area contributed by atoms with E-state index >= 15 is 0 Å². The minimum Gasteiger partial charge on any atom is -0.490 e. The molecule has 2 aromatic rings. The van der Waals surface area contributed by atoms with Crippen molar-refractivity contribution >= 4 is 17.3 Å². The van der Waals surface area contributed by atoms with Crippen LogP contribution >= 0.6 is 0 Å². The van der Waals surface area contributed by atoms with Gasteiger partial charge in [-0.1, -0.05) is 6.07 Å². The molecule has 3 N–H and O–H groups in total. The van der Waals surface area contributed by atoms with E-state index in [9.17, 15) is 14.9 Å². The van der Waals surface area contributed by atoms with E-state index in [0.717, 1.165) is 5.56 Å². The Morgan fingerprint density at radius 2 is 1.81 bits per heavy atom. The zero-order valence-electron chi connectivity index (χ0n) is 15.4. The number of anilines is 1. The Balaban J connectivity index is 2.08. The fourth-order valence-electron chi connectivity index (χ4n) is 2.58. The maximum absolute atomic E-state index is 11.2. The van der Waals surface area contributed by atoms with E-state index in [1.54, 1.807) is 0 Å². The summed E-state index contributed by atoms with van der Waals surface area (Å²) in [6.07, 6.45) is 0.626. The van der Waals surface area contributed by atoms with Crippen molar-refractivity contribution in [2.45, 2.75) is 20.3 Å². The van der Waals surface area contributed by atoms with Gasteiger partial charge in [0.15, 0.2) is 11.5 Å². The van der Waals surface area contributed by atoms with Gasteiger partial charge in [-0.2, -0.15) is 0 Å². The molecular formula is C19H23N3O5. The third-order valence-electron chi connectivity index (χ3n) is 3.82. The number of nitrogens with two attached hydrogens (primary N) is 1. The Bertz CT molecular complexity index is 823. The van der Waals surface area contributed by atoms with Gasteiger partial charge in [0.1, 0.15) is 5.69 Å². The Morgan fingerprint density at radius 3 is 2.44 bits per heavy atom. The van der Waals surface area contributed by atoms with E-state index in [-0.39, 0.29) is 11.3 Å². The molecule has 0 aliphatic heterocycles. The topological polar surface area (TPSA) is 117 Å². The highest BCUT2D eigenvalue weighted by molar-refractivity contribution is 5.94. The molecule has 0 aromatic heterocycles. The van der Waals surface area contributed by atoms with Crippen molar-refractivity contribution in [1.29, 1.82) is 0 Å². The molecule has 0 heterocycles. The number of nitrogens with zero attached hydrogens (tertiary/aromatic N) is 1. The van der Waals surface area contributed by atoms with Gasteiger partial charge in [0, 0.05) is 18.2 Å². The minimum absolute atomic E-state index is 0.0973. The third-order valence-corrected chi connectivity index (χ3v) is 3.82. The van der Waals surface area contributed by atoms with Crippen LogP contribution in [0.1, 0.15) is 29.8 Å². The summed E-state index contributed by atoms with van der Waals surface area (Å²) in [7, 11) is 0. The van der Waals surface area contributed by atoms with Gasteiger partial charge in [0.2, 0.25) is 5.91 Å². The second kappa shape index (κ2) is 9.42. The summed E-state index contributed by atoms with van der Waals surface area (Å²) in [4.78, 5) is 21.9. The maximum atomic E-state index is 11.2. The highest BCUT2D eigenvalue weighted by Gasteiger charge is 2.16. The van der Waals surface area contributed by atoms with Crippen molar-refractivity contribution in [2.24, 2.45) is 5.73 Å². The lowest BCUT2D eigenvalue weighted by Gasteiger charge is -2.13. The largest absolute Gasteiger partial charge is 0.490 e. The van der Waals surface area contributed by atoms with Crippen LogP contribution in [-0.4, -0.2) is 30.6 Å². The number of hydrogen-bond acceptors (Lipinski definition) is 6. The summed E-state index contributed by atoms with van der Waals surface area (Å²) in [5.41, 5.74) is 6.43. The molecule has 0 unspecified atom stereocenters. The summed E-state index contributed by atoms with van der Waals surface area (Å²) >= 11 is 0. The van der Waals surface area contributed by atoms with E-state index in [0.29, 0.717) is 43.4 Å². The molecule has 0 aliphatic carbocycles. The van der Waals surface area contributed by atoms with Crippen LogP contribution in [0.2, 0.25) is 0 Å². The SMILES string of the molecule is CCOc1ccc(CCNc2ccc(C(N)=O)cc2[N+](=O)[O-])cc1OCC. The Hall–Kier alpha value is -3.29. The van der Waals surface area contributed by atoms with E-state index in [1.165, 1.54) is 18.2 Å². The molecule has 0 saturated heterocycles. The molecule has 0 fully saturated rings. The molecule has 2 rings (SSSR count). The van der Waals surface area contributed by atoms with Gasteiger partial charge in [0.05, 0.1) is 18.1 Å². The number of nitrogens with one attached hydrogen (secondary N) is 1. The highest BCUT2D eigenvalue weighted by Crippen LogP contribution is 2.29. The average molecular weight is 373 g/mol. The first-order chi connectivity index (χ1) is 13.0. The zero-order chi connectivity index (χ0) is 19.8. The van der Waals surface area contributed by atoms with Crippen LogP contribution in [-0.2, 0) is 6.42 Å². The third kappa shape index (κ3) is 5.34. The number of amides is 1. The van der Waals surface area contributed by atoms with Crippen molar-refractivity contribution < 1.29 is 19.2 Å². The fourth-order valence-corrected chi connectivity index (χ4v) is 2.58. The van der Waals surface area contributed by atoms with Crippen molar-refractivity contribution in [1.82, 2.24) is 0 Å². The monoisotopic (exact) mass is 373 g/mol. The first-order valence-electron chi connectivity index (χ1n) is 8.66. The normalized spacial score (nSPS) is 10.3. The van der Waals surface area contributed by atoms with Gasteiger partial charge < -0.3 is 20.5 Å². The van der Waals surface area contributed by atoms with Crippen molar-refractivity contribution in [2.75, 3.05) is 25.1 Å². The molecule has 0 spiro atoms. The number of carbonyl (C=O) groups excluding carboxylic acids is 1. The van der Waals surface area contributed by atoms with Gasteiger partial charge in [-0.15, -0.1) is 0 Å². The number of primary amides is 1. The highest BCUT2D eigenvalue weighted by atomic mass is 16.6. The van der Waals surface area contributed by atoms with Gasteiger partial charge in [-0.3, -0.25) is 14.9 Å². The van der Waals surface area contributed by atoms with Crippen molar-refractivity contribution in [3.05, 3.63) is 57.6 Å². The zero-order valence-corrected chi connectivity index (χ0v) is 15.4. The number of rotatable bonds is 10. The molecule has 27 heavy (non-hydrogen) atoms. The summed E-state index contributed by atoms with van der Waals surface area (Å²) < 4.78 is 11.1. The lowest BCUT2D eigenvalue weighted by Crippen LogP contribution is -2.12. The van der Waals surface area contributed by atoms with E-state index in [1.807, 2.05) is 32.0 Å². The van der Waals surface area contributed by atoms with Gasteiger partial charge >= 0.3 is 0 Å². The molecule has 0 aliphatic rings. The average Bonchev–Trinajstić information content (AvgIpc) is 2.64. The second-order valence-electron chi connectivity index (χ2n) is 5.68. The van der Waals surface area contributed by atoms with E-state index in [4.69, 9.17) is 15.2 Å². The summed E-state index contributed by atoms with van der Waals surface area (Å²) in [6.45, 7) is 5.35. The van der Waals surface area contributed by atoms with Crippen LogP contribution in [0.25, 0.3) is 0 Å². The van der Waals surface area contributed by atoms with Gasteiger partial charge in [-0.25, -0.2) is 0 Å². The molecule has 1 amide bonds. The van der Waals surface area contributed by atoms with Crippen LogP contribution < -0.4 is 20.5 Å². The van der Waals surface area contributed by atoms with Gasteiger partial charge in [0.25, 0.3) is 5.69 Å². The first-order valence-corrected chi connectivity index (χ1v) is 8.66. The molecule has 8 nitrogen and oxygen atoms in total. The molecule has 0 bridgehead atoms. The van der Waals surface area contributed by atoms with Crippen LogP contribution in [0.3, 0.4) is 0 Å². The summed E-state index contributed by atoms with van der Waals surface area (Å²) in [6, 6.07) is 9.81. The standard InChI is InChI=1S/C19H23N3O5/c1-3-26-17-8-5-13(11-18(17)27-4-2)9-10-21-15-7-6-14(19(20)23)12-16(15)22(24)25/h5-8,11-12,21H,3-4,9-10H2,1-2H3,(H2,20,23). The number of benzene rings is 2. The number of carbonyl (C=O) groups is 1. The first kappa shape index (κ1) is 20.0. The molecule has 144 valence electrons. The lowest BCUT2D eigenvalue weighted by atomic mass is 10.1. The molecule has 0 saturated carbocycles. The number of nitro groups is 1. The predicted octanol–water partition coefficient (Wildman–Crippen LogP) is 3.15. The second-order valence-corrected chi connectivity index (χ2v) is 5.68.